The number of aliphatic hydroxyl groups is 1. The molecule has 5 atom stereocenters. The summed E-state index contributed by atoms with van der Waals surface area (Å²) in [4.78, 5) is 6.86. The van der Waals surface area contributed by atoms with Crippen molar-refractivity contribution in [2.75, 3.05) is 13.1 Å². The van der Waals surface area contributed by atoms with Crippen molar-refractivity contribution in [3.05, 3.63) is 54.7 Å². The Kier molecular flexibility index (Phi) is 3.47. The molecule has 0 spiro atoms. The van der Waals surface area contributed by atoms with Crippen LogP contribution in [0.1, 0.15) is 24.5 Å². The van der Waals surface area contributed by atoms with Crippen LogP contribution in [0.15, 0.2) is 49.2 Å². The Morgan fingerprint density at radius 2 is 2.18 bits per heavy atom. The SMILES string of the molecule is C=CC1CN2CC[C@H]1C[C@H]2C(O)c1ccnc2ccccc12. The molecule has 3 fully saturated rings. The van der Waals surface area contributed by atoms with Gasteiger partial charge in [0.15, 0.2) is 0 Å². The zero-order chi connectivity index (χ0) is 15.1. The Hall–Kier alpha value is -1.71. The number of pyridine rings is 1. The van der Waals surface area contributed by atoms with Gasteiger partial charge in [-0.3, -0.25) is 9.88 Å². The van der Waals surface area contributed by atoms with Crippen molar-refractivity contribution >= 4 is 10.9 Å². The molecular formula is C19H22N2O. The summed E-state index contributed by atoms with van der Waals surface area (Å²) in [6, 6.07) is 10.3. The van der Waals surface area contributed by atoms with Gasteiger partial charge in [-0.1, -0.05) is 24.3 Å². The fraction of sp³-hybridized carbons (Fsp3) is 0.421. The van der Waals surface area contributed by atoms with Gasteiger partial charge in [-0.25, -0.2) is 0 Å². The molecule has 3 aliphatic rings. The van der Waals surface area contributed by atoms with E-state index in [2.05, 4.69) is 28.6 Å². The third-order valence-corrected chi connectivity index (χ3v) is 5.52. The highest BCUT2D eigenvalue weighted by Crippen LogP contribution is 2.41. The smallest absolute Gasteiger partial charge is 0.0952 e. The van der Waals surface area contributed by atoms with Gasteiger partial charge < -0.3 is 5.11 Å². The second-order valence-electron chi connectivity index (χ2n) is 6.61. The van der Waals surface area contributed by atoms with Crippen molar-refractivity contribution in [1.82, 2.24) is 9.88 Å². The topological polar surface area (TPSA) is 36.4 Å². The van der Waals surface area contributed by atoms with Crippen LogP contribution in [0.4, 0.5) is 0 Å². The van der Waals surface area contributed by atoms with Gasteiger partial charge in [-0.05, 0) is 48.9 Å². The van der Waals surface area contributed by atoms with E-state index in [1.807, 2.05) is 30.5 Å². The normalized spacial score (nSPS) is 32.0. The molecule has 5 rings (SSSR count). The van der Waals surface area contributed by atoms with Crippen LogP contribution in [0.2, 0.25) is 0 Å². The lowest BCUT2D eigenvalue weighted by Gasteiger charge is -2.50. The minimum absolute atomic E-state index is 0.223. The third kappa shape index (κ3) is 2.16. The maximum absolute atomic E-state index is 11.0. The quantitative estimate of drug-likeness (QED) is 0.883. The largest absolute Gasteiger partial charge is 0.387 e. The van der Waals surface area contributed by atoms with Crippen molar-refractivity contribution in [3.8, 4) is 0 Å². The van der Waals surface area contributed by atoms with Crippen molar-refractivity contribution in [1.29, 1.82) is 0 Å². The van der Waals surface area contributed by atoms with Gasteiger partial charge in [0.25, 0.3) is 0 Å². The molecule has 0 amide bonds. The maximum Gasteiger partial charge on any atom is 0.0952 e. The monoisotopic (exact) mass is 294 g/mol. The first-order valence-corrected chi connectivity index (χ1v) is 8.16. The molecule has 3 nitrogen and oxygen atoms in total. The molecule has 2 bridgehead atoms. The maximum atomic E-state index is 11.0. The minimum Gasteiger partial charge on any atom is -0.387 e. The summed E-state index contributed by atoms with van der Waals surface area (Å²) in [5.41, 5.74) is 1.97. The van der Waals surface area contributed by atoms with Crippen molar-refractivity contribution in [3.63, 3.8) is 0 Å². The summed E-state index contributed by atoms with van der Waals surface area (Å²) in [6.07, 6.45) is 5.76. The van der Waals surface area contributed by atoms with E-state index in [0.29, 0.717) is 11.8 Å². The summed E-state index contributed by atoms with van der Waals surface area (Å²) < 4.78 is 0. The molecule has 3 heteroatoms. The second-order valence-corrected chi connectivity index (χ2v) is 6.61. The molecular weight excluding hydrogens is 272 g/mol. The summed E-state index contributed by atoms with van der Waals surface area (Å²) in [6.45, 7) is 6.11. The van der Waals surface area contributed by atoms with Crippen LogP contribution in [0.3, 0.4) is 0 Å². The Bertz CT molecular complexity index is 693. The average molecular weight is 294 g/mol. The zero-order valence-electron chi connectivity index (χ0n) is 12.7. The summed E-state index contributed by atoms with van der Waals surface area (Å²) in [5.74, 6) is 1.27. The van der Waals surface area contributed by atoms with E-state index in [-0.39, 0.29) is 6.04 Å². The van der Waals surface area contributed by atoms with Gasteiger partial charge in [0.2, 0.25) is 0 Å². The van der Waals surface area contributed by atoms with Gasteiger partial charge in [0, 0.05) is 24.2 Å². The van der Waals surface area contributed by atoms with Gasteiger partial charge in [-0.15, -0.1) is 6.58 Å². The first kappa shape index (κ1) is 13.9. The molecule has 2 aromatic rings. The predicted molar refractivity (Wildman–Crippen MR) is 88.5 cm³/mol. The number of rotatable bonds is 3. The predicted octanol–water partition coefficient (Wildman–Crippen LogP) is 3.16. The number of piperidine rings is 3. The number of hydrogen-bond donors (Lipinski definition) is 1. The van der Waals surface area contributed by atoms with Crippen LogP contribution in [0.25, 0.3) is 10.9 Å². The molecule has 3 unspecified atom stereocenters. The Labute approximate surface area is 131 Å². The van der Waals surface area contributed by atoms with Crippen LogP contribution in [0.5, 0.6) is 0 Å². The molecule has 1 aromatic carbocycles. The van der Waals surface area contributed by atoms with Crippen molar-refractivity contribution in [2.24, 2.45) is 11.8 Å². The molecule has 0 saturated carbocycles. The number of aliphatic hydroxyl groups excluding tert-OH is 1. The Morgan fingerprint density at radius 1 is 1.32 bits per heavy atom. The second kappa shape index (κ2) is 5.49. The highest BCUT2D eigenvalue weighted by atomic mass is 16.3. The van der Waals surface area contributed by atoms with Crippen LogP contribution in [-0.4, -0.2) is 34.1 Å². The molecule has 3 saturated heterocycles. The highest BCUT2D eigenvalue weighted by molar-refractivity contribution is 5.82. The van der Waals surface area contributed by atoms with Crippen molar-refractivity contribution < 1.29 is 5.11 Å². The highest BCUT2D eigenvalue weighted by Gasteiger charge is 2.42. The number of para-hydroxylation sites is 1. The number of aromatic nitrogens is 1. The Morgan fingerprint density at radius 3 is 2.95 bits per heavy atom. The first-order valence-electron chi connectivity index (χ1n) is 8.16. The molecule has 3 aliphatic heterocycles. The van der Waals surface area contributed by atoms with Crippen LogP contribution < -0.4 is 0 Å². The molecule has 114 valence electrons. The molecule has 1 aromatic heterocycles. The van der Waals surface area contributed by atoms with E-state index in [9.17, 15) is 5.11 Å². The van der Waals surface area contributed by atoms with E-state index >= 15 is 0 Å². The van der Waals surface area contributed by atoms with Gasteiger partial charge in [0.05, 0.1) is 11.6 Å². The van der Waals surface area contributed by atoms with Crippen LogP contribution in [-0.2, 0) is 0 Å². The zero-order valence-corrected chi connectivity index (χ0v) is 12.7. The van der Waals surface area contributed by atoms with E-state index in [4.69, 9.17) is 0 Å². The van der Waals surface area contributed by atoms with Crippen molar-refractivity contribution in [2.45, 2.75) is 25.0 Å². The van der Waals surface area contributed by atoms with Crippen LogP contribution in [0, 0.1) is 11.8 Å². The fourth-order valence-corrected chi connectivity index (χ4v) is 4.29. The summed E-state index contributed by atoms with van der Waals surface area (Å²) >= 11 is 0. The molecule has 1 N–H and O–H groups in total. The third-order valence-electron chi connectivity index (χ3n) is 5.52. The van der Waals surface area contributed by atoms with E-state index < -0.39 is 6.10 Å². The lowest BCUT2D eigenvalue weighted by atomic mass is 9.73. The minimum atomic E-state index is -0.443. The Balaban J connectivity index is 1.67. The fourth-order valence-electron chi connectivity index (χ4n) is 4.29. The van der Waals surface area contributed by atoms with Gasteiger partial charge in [-0.2, -0.15) is 0 Å². The number of nitrogens with zero attached hydrogens (tertiary/aromatic N) is 2. The number of fused-ring (bicyclic) bond motifs is 4. The van der Waals surface area contributed by atoms with E-state index in [1.54, 1.807) is 0 Å². The molecule has 0 radical (unpaired) electrons. The van der Waals surface area contributed by atoms with Crippen LogP contribution >= 0.6 is 0 Å². The molecule has 0 aliphatic carbocycles. The first-order chi connectivity index (χ1) is 10.8. The van der Waals surface area contributed by atoms with E-state index in [0.717, 1.165) is 36.0 Å². The standard InChI is InChI=1S/C19H22N2O/c1-2-13-12-21-10-8-14(13)11-18(21)19(22)16-7-9-20-17-6-4-3-5-15(16)17/h2-7,9,13-14,18-19,22H,1,8,10-12H2/t13?,14-,18-,19?/m0/s1. The van der Waals surface area contributed by atoms with Gasteiger partial charge in [0.1, 0.15) is 0 Å². The number of benzene rings is 1. The lowest BCUT2D eigenvalue weighted by molar-refractivity contribution is -0.0444. The lowest BCUT2D eigenvalue weighted by Crippen LogP contribution is -2.54. The molecule has 22 heavy (non-hydrogen) atoms. The summed E-state index contributed by atoms with van der Waals surface area (Å²) in [5, 5.41) is 12.1. The van der Waals surface area contributed by atoms with Gasteiger partial charge >= 0.3 is 0 Å². The van der Waals surface area contributed by atoms with E-state index in [1.165, 1.54) is 6.42 Å². The average Bonchev–Trinajstić information content (AvgIpc) is 2.60. The summed E-state index contributed by atoms with van der Waals surface area (Å²) in [7, 11) is 0. The molecule has 4 heterocycles. The number of hydrogen-bond acceptors (Lipinski definition) is 3.